The summed E-state index contributed by atoms with van der Waals surface area (Å²) in [5.41, 5.74) is 0.741. The largest absolute Gasteiger partial charge is 0.356 e. The Morgan fingerprint density at radius 1 is 1.41 bits per heavy atom. The van der Waals surface area contributed by atoms with Gasteiger partial charge in [-0.25, -0.2) is 4.98 Å². The van der Waals surface area contributed by atoms with E-state index in [-0.39, 0.29) is 47.3 Å². The molecule has 1 saturated carbocycles. The maximum Gasteiger partial charge on any atom is 0.283 e. The predicted molar refractivity (Wildman–Crippen MR) is 118 cm³/mol. The fraction of sp³-hybridized carbons (Fsp3) is 0.522. The van der Waals surface area contributed by atoms with E-state index in [9.17, 15) is 19.6 Å². The van der Waals surface area contributed by atoms with Gasteiger partial charge in [-0.2, -0.15) is 5.26 Å². The van der Waals surface area contributed by atoms with Gasteiger partial charge in [-0.15, -0.1) is 11.3 Å². The lowest BCUT2D eigenvalue weighted by Crippen LogP contribution is -2.52. The SMILES string of the molecule is CC1(C)[C@@H]2[C@@H](C(=O)N[C@H](C#N)C[C@@H]3CCNC3=O)N(C(=O)c3nc4ccccc4s3)C[C@@H]21. The number of likely N-dealkylation sites (tertiary alicyclic amines) is 1. The highest BCUT2D eigenvalue weighted by Crippen LogP contribution is 2.65. The minimum absolute atomic E-state index is 0.0279. The van der Waals surface area contributed by atoms with E-state index in [4.69, 9.17) is 0 Å². The summed E-state index contributed by atoms with van der Waals surface area (Å²) >= 11 is 1.33. The maximum absolute atomic E-state index is 13.4. The van der Waals surface area contributed by atoms with Crippen LogP contribution in [0.25, 0.3) is 10.2 Å². The van der Waals surface area contributed by atoms with Crippen LogP contribution < -0.4 is 10.6 Å². The number of carbonyl (C=O) groups excluding carboxylic acids is 3. The number of hydrogen-bond donors (Lipinski definition) is 2. The second-order valence-electron chi connectivity index (χ2n) is 9.55. The standard InChI is InChI=1S/C23H25N5O3S/c1-23(2)14-11-28(22(31)21-27-15-5-3-4-6-16(15)32-21)18(17(14)23)20(30)26-13(10-24)9-12-7-8-25-19(12)29/h3-6,12-14,17-18H,7-9,11H2,1-2H3,(H,25,29)(H,26,30)/t12-,13-,14-,17-,18-/m0/s1. The molecule has 32 heavy (non-hydrogen) atoms. The topological polar surface area (TPSA) is 115 Å². The van der Waals surface area contributed by atoms with Crippen molar-refractivity contribution >= 4 is 39.3 Å². The van der Waals surface area contributed by atoms with Gasteiger partial charge in [0, 0.05) is 19.0 Å². The van der Waals surface area contributed by atoms with E-state index < -0.39 is 12.1 Å². The van der Waals surface area contributed by atoms with Crippen molar-refractivity contribution < 1.29 is 14.4 Å². The molecular weight excluding hydrogens is 426 g/mol. The predicted octanol–water partition coefficient (Wildman–Crippen LogP) is 1.93. The molecule has 0 spiro atoms. The van der Waals surface area contributed by atoms with Crippen LogP contribution in [0, 0.1) is 34.5 Å². The van der Waals surface area contributed by atoms with E-state index in [0.717, 1.165) is 10.2 Å². The normalized spacial score (nSPS) is 28.7. The zero-order valence-electron chi connectivity index (χ0n) is 18.0. The average molecular weight is 452 g/mol. The van der Waals surface area contributed by atoms with Crippen LogP contribution in [0.2, 0.25) is 0 Å². The van der Waals surface area contributed by atoms with Crippen LogP contribution in [0.15, 0.2) is 24.3 Å². The molecule has 9 heteroatoms. The summed E-state index contributed by atoms with van der Waals surface area (Å²) in [6.07, 6.45) is 0.945. The molecule has 1 aromatic carbocycles. The van der Waals surface area contributed by atoms with Crippen LogP contribution in [0.5, 0.6) is 0 Å². The molecule has 3 heterocycles. The second kappa shape index (κ2) is 7.55. The van der Waals surface area contributed by atoms with Gasteiger partial charge in [0.1, 0.15) is 12.1 Å². The first kappa shape index (κ1) is 20.9. The number of aromatic nitrogens is 1. The molecule has 0 unspecified atom stereocenters. The number of amides is 3. The van der Waals surface area contributed by atoms with Crippen LogP contribution in [-0.2, 0) is 9.59 Å². The molecule has 2 saturated heterocycles. The lowest BCUT2D eigenvalue weighted by atomic mass is 9.97. The number of fused-ring (bicyclic) bond motifs is 2. The average Bonchev–Trinajstić information content (AvgIpc) is 3.29. The number of nitrogens with zero attached hydrogens (tertiary/aromatic N) is 3. The molecule has 0 radical (unpaired) electrons. The Hall–Kier alpha value is -2.99. The van der Waals surface area contributed by atoms with Crippen LogP contribution in [-0.4, -0.2) is 52.8 Å². The van der Waals surface area contributed by atoms with Gasteiger partial charge in [-0.05, 0) is 42.2 Å². The Morgan fingerprint density at radius 2 is 2.19 bits per heavy atom. The molecule has 5 rings (SSSR count). The van der Waals surface area contributed by atoms with Crippen molar-refractivity contribution in [1.29, 1.82) is 5.26 Å². The van der Waals surface area contributed by atoms with Gasteiger partial charge in [-0.3, -0.25) is 14.4 Å². The second-order valence-corrected chi connectivity index (χ2v) is 10.6. The summed E-state index contributed by atoms with van der Waals surface area (Å²) < 4.78 is 0.931. The lowest BCUT2D eigenvalue weighted by Gasteiger charge is -2.30. The summed E-state index contributed by atoms with van der Waals surface area (Å²) in [6.45, 7) is 5.34. The lowest BCUT2D eigenvalue weighted by molar-refractivity contribution is -0.127. The van der Waals surface area contributed by atoms with Gasteiger partial charge in [0.15, 0.2) is 5.01 Å². The molecule has 0 bridgehead atoms. The van der Waals surface area contributed by atoms with Crippen molar-refractivity contribution in [2.75, 3.05) is 13.1 Å². The zero-order valence-corrected chi connectivity index (χ0v) is 18.8. The van der Waals surface area contributed by atoms with Gasteiger partial charge >= 0.3 is 0 Å². The first-order valence-electron chi connectivity index (χ1n) is 11.0. The minimum atomic E-state index is -0.767. The first-order valence-corrected chi connectivity index (χ1v) is 11.8. The molecule has 2 aromatic rings. The molecular formula is C23H25N5O3S. The molecule has 166 valence electrons. The van der Waals surface area contributed by atoms with E-state index in [1.807, 2.05) is 24.3 Å². The van der Waals surface area contributed by atoms with Crippen LogP contribution in [0.4, 0.5) is 0 Å². The smallest absolute Gasteiger partial charge is 0.283 e. The Bertz CT molecular complexity index is 1120. The molecule has 2 aliphatic heterocycles. The summed E-state index contributed by atoms with van der Waals surface area (Å²) in [5, 5.41) is 15.6. The summed E-state index contributed by atoms with van der Waals surface area (Å²) in [4.78, 5) is 44.7. The van der Waals surface area contributed by atoms with Gasteiger partial charge in [0.05, 0.1) is 16.3 Å². The van der Waals surface area contributed by atoms with E-state index >= 15 is 0 Å². The molecule has 3 amide bonds. The van der Waals surface area contributed by atoms with Crippen LogP contribution in [0.1, 0.15) is 36.5 Å². The molecule has 5 atom stereocenters. The van der Waals surface area contributed by atoms with Gasteiger partial charge in [0.25, 0.3) is 5.91 Å². The molecule has 8 nitrogen and oxygen atoms in total. The monoisotopic (exact) mass is 451 g/mol. The van der Waals surface area contributed by atoms with Crippen molar-refractivity contribution in [3.8, 4) is 6.07 Å². The Kier molecular flexibility index (Phi) is 4.93. The number of para-hydroxylation sites is 1. The summed E-state index contributed by atoms with van der Waals surface area (Å²) in [5.74, 6) is -0.598. The number of carbonyl (C=O) groups is 3. The highest BCUT2D eigenvalue weighted by Gasteiger charge is 2.69. The number of piperidine rings is 1. The van der Waals surface area contributed by atoms with E-state index in [2.05, 4.69) is 35.5 Å². The molecule has 2 N–H and O–H groups in total. The zero-order chi connectivity index (χ0) is 22.6. The van der Waals surface area contributed by atoms with E-state index in [0.29, 0.717) is 24.5 Å². The quantitative estimate of drug-likeness (QED) is 0.721. The third-order valence-electron chi connectivity index (χ3n) is 7.37. The van der Waals surface area contributed by atoms with E-state index in [1.165, 1.54) is 11.3 Å². The van der Waals surface area contributed by atoms with Crippen molar-refractivity contribution in [2.45, 2.75) is 38.8 Å². The number of benzene rings is 1. The highest BCUT2D eigenvalue weighted by atomic mass is 32.1. The Morgan fingerprint density at radius 3 is 2.88 bits per heavy atom. The summed E-state index contributed by atoms with van der Waals surface area (Å²) in [7, 11) is 0. The van der Waals surface area contributed by atoms with E-state index in [1.54, 1.807) is 4.90 Å². The highest BCUT2D eigenvalue weighted by molar-refractivity contribution is 7.20. The molecule has 1 aromatic heterocycles. The van der Waals surface area contributed by atoms with Crippen molar-refractivity contribution in [2.24, 2.45) is 23.2 Å². The molecule has 3 fully saturated rings. The van der Waals surface area contributed by atoms with Crippen molar-refractivity contribution in [1.82, 2.24) is 20.5 Å². The number of rotatable bonds is 5. The van der Waals surface area contributed by atoms with Crippen LogP contribution >= 0.6 is 11.3 Å². The number of nitriles is 1. The van der Waals surface area contributed by atoms with Gasteiger partial charge < -0.3 is 15.5 Å². The van der Waals surface area contributed by atoms with Crippen molar-refractivity contribution in [3.05, 3.63) is 29.3 Å². The van der Waals surface area contributed by atoms with Gasteiger partial charge in [0.2, 0.25) is 11.8 Å². The molecule has 1 aliphatic carbocycles. The third-order valence-corrected chi connectivity index (χ3v) is 8.39. The minimum Gasteiger partial charge on any atom is -0.356 e. The number of hydrogen-bond acceptors (Lipinski definition) is 6. The van der Waals surface area contributed by atoms with Gasteiger partial charge in [-0.1, -0.05) is 26.0 Å². The third kappa shape index (κ3) is 3.34. The molecule has 3 aliphatic rings. The maximum atomic E-state index is 13.4. The Balaban J connectivity index is 1.35. The number of thiazole rings is 1. The summed E-state index contributed by atoms with van der Waals surface area (Å²) in [6, 6.07) is 8.30. The number of nitrogens with one attached hydrogen (secondary N) is 2. The van der Waals surface area contributed by atoms with Crippen molar-refractivity contribution in [3.63, 3.8) is 0 Å². The van der Waals surface area contributed by atoms with Crippen LogP contribution in [0.3, 0.4) is 0 Å². The fourth-order valence-electron chi connectivity index (χ4n) is 5.44. The Labute approximate surface area is 190 Å². The fourth-order valence-corrected chi connectivity index (χ4v) is 6.36. The first-order chi connectivity index (χ1) is 15.3.